The van der Waals surface area contributed by atoms with Gasteiger partial charge in [-0.15, -0.1) is 11.8 Å². The van der Waals surface area contributed by atoms with Crippen LogP contribution in [0.2, 0.25) is 0 Å². The minimum Gasteiger partial charge on any atom is -0.478 e. The summed E-state index contributed by atoms with van der Waals surface area (Å²) in [6.07, 6.45) is 1.10. The lowest BCUT2D eigenvalue weighted by Crippen LogP contribution is -2.33. The van der Waals surface area contributed by atoms with E-state index in [0.29, 0.717) is 5.75 Å². The van der Waals surface area contributed by atoms with Gasteiger partial charge < -0.3 is 9.84 Å². The number of ether oxygens (including phenoxy) is 1. The molecule has 0 aromatic heterocycles. The van der Waals surface area contributed by atoms with Gasteiger partial charge in [0.25, 0.3) is 0 Å². The van der Waals surface area contributed by atoms with Crippen molar-refractivity contribution in [2.45, 2.75) is 56.1 Å². The zero-order chi connectivity index (χ0) is 18.4. The van der Waals surface area contributed by atoms with E-state index >= 15 is 0 Å². The number of aryl methyl sites for hydroxylation is 1. The maximum Gasteiger partial charge on any atom is 0.335 e. The molecule has 3 nitrogen and oxygen atoms in total. The van der Waals surface area contributed by atoms with Crippen molar-refractivity contribution >= 4 is 17.7 Å². The molecule has 0 unspecified atom stereocenters. The van der Waals surface area contributed by atoms with E-state index in [1.165, 1.54) is 10.5 Å². The largest absolute Gasteiger partial charge is 0.478 e. The van der Waals surface area contributed by atoms with Crippen molar-refractivity contribution in [1.29, 1.82) is 0 Å². The molecule has 0 aliphatic carbocycles. The highest BCUT2D eigenvalue weighted by molar-refractivity contribution is 8.00. The van der Waals surface area contributed by atoms with Crippen LogP contribution in [0.4, 0.5) is 0 Å². The number of carboxylic acid groups (broad SMARTS) is 1. The quantitative estimate of drug-likeness (QED) is 0.728. The van der Waals surface area contributed by atoms with Crippen molar-refractivity contribution in [3.63, 3.8) is 0 Å². The number of aromatic carboxylic acids is 1. The molecular formula is C21H24O3S. The van der Waals surface area contributed by atoms with Gasteiger partial charge in [0.05, 0.1) is 5.56 Å². The van der Waals surface area contributed by atoms with Crippen LogP contribution in [0.5, 0.6) is 11.5 Å². The number of rotatable bonds is 3. The molecule has 0 fully saturated rings. The topological polar surface area (TPSA) is 46.5 Å². The molecule has 2 aromatic carbocycles. The van der Waals surface area contributed by atoms with E-state index in [-0.39, 0.29) is 15.7 Å². The lowest BCUT2D eigenvalue weighted by molar-refractivity contribution is 0.0697. The summed E-state index contributed by atoms with van der Waals surface area (Å²) in [5.74, 6) is 0.544. The SMILES string of the molecule is Cc1cc2c(cc1Oc1ccc(C(=O)O)cc1)C(C)(C)CC(C)(C)S2. The Morgan fingerprint density at radius 3 is 2.36 bits per heavy atom. The smallest absolute Gasteiger partial charge is 0.335 e. The van der Waals surface area contributed by atoms with Crippen molar-refractivity contribution in [2.75, 3.05) is 0 Å². The second-order valence-electron chi connectivity index (χ2n) is 7.97. The van der Waals surface area contributed by atoms with Crippen molar-refractivity contribution in [1.82, 2.24) is 0 Å². The van der Waals surface area contributed by atoms with Gasteiger partial charge in [-0.1, -0.05) is 27.7 Å². The van der Waals surface area contributed by atoms with Gasteiger partial charge in [-0.05, 0) is 66.3 Å². The Kier molecular flexibility index (Phi) is 4.36. The molecule has 0 radical (unpaired) electrons. The maximum absolute atomic E-state index is 11.0. The van der Waals surface area contributed by atoms with Gasteiger partial charge in [-0.3, -0.25) is 0 Å². The van der Waals surface area contributed by atoms with E-state index < -0.39 is 5.97 Å². The van der Waals surface area contributed by atoms with E-state index in [1.807, 2.05) is 11.8 Å². The van der Waals surface area contributed by atoms with E-state index in [2.05, 4.69) is 46.8 Å². The van der Waals surface area contributed by atoms with E-state index in [1.54, 1.807) is 24.3 Å². The molecule has 0 spiro atoms. The normalized spacial score (nSPS) is 17.6. The summed E-state index contributed by atoms with van der Waals surface area (Å²) < 4.78 is 6.27. The molecule has 1 heterocycles. The van der Waals surface area contributed by atoms with E-state index in [9.17, 15) is 4.79 Å². The van der Waals surface area contributed by atoms with Gasteiger partial charge in [-0.25, -0.2) is 4.79 Å². The van der Waals surface area contributed by atoms with Gasteiger partial charge in [0.1, 0.15) is 11.5 Å². The predicted octanol–water partition coefficient (Wildman–Crippen LogP) is 6.04. The number of hydrogen-bond donors (Lipinski definition) is 1. The third-order valence-electron chi connectivity index (χ3n) is 4.59. The highest BCUT2D eigenvalue weighted by Gasteiger charge is 2.38. The van der Waals surface area contributed by atoms with E-state index in [4.69, 9.17) is 9.84 Å². The first-order chi connectivity index (χ1) is 11.6. The molecule has 2 aromatic rings. The molecular weight excluding hydrogens is 332 g/mol. The predicted molar refractivity (Wildman–Crippen MR) is 102 cm³/mol. The van der Waals surface area contributed by atoms with Gasteiger partial charge in [0, 0.05) is 9.64 Å². The highest BCUT2D eigenvalue weighted by atomic mass is 32.2. The Morgan fingerprint density at radius 2 is 1.76 bits per heavy atom. The van der Waals surface area contributed by atoms with Crippen molar-refractivity contribution < 1.29 is 14.6 Å². The maximum atomic E-state index is 11.0. The standard InChI is InChI=1S/C21H24O3S/c1-13-10-18-16(20(2,3)12-21(4,5)25-18)11-17(13)24-15-8-6-14(7-9-15)19(22)23/h6-11H,12H2,1-5H3,(H,22,23). The molecule has 0 saturated heterocycles. The second-order valence-corrected chi connectivity index (χ2v) is 9.72. The molecule has 0 bridgehead atoms. The van der Waals surface area contributed by atoms with Crippen LogP contribution in [-0.4, -0.2) is 15.8 Å². The number of fused-ring (bicyclic) bond motifs is 1. The lowest BCUT2D eigenvalue weighted by Gasteiger charge is -2.42. The van der Waals surface area contributed by atoms with E-state index in [0.717, 1.165) is 17.7 Å². The van der Waals surface area contributed by atoms with Crippen LogP contribution >= 0.6 is 11.8 Å². The van der Waals surface area contributed by atoms with Gasteiger partial charge in [0.15, 0.2) is 0 Å². The number of thioether (sulfide) groups is 1. The highest BCUT2D eigenvalue weighted by Crippen LogP contribution is 2.52. The monoisotopic (exact) mass is 356 g/mol. The molecule has 25 heavy (non-hydrogen) atoms. The zero-order valence-electron chi connectivity index (χ0n) is 15.3. The fraction of sp³-hybridized carbons (Fsp3) is 0.381. The molecule has 1 N–H and O–H groups in total. The molecule has 1 aliphatic rings. The fourth-order valence-corrected chi connectivity index (χ4v) is 5.38. The zero-order valence-corrected chi connectivity index (χ0v) is 16.2. The molecule has 0 saturated carbocycles. The first-order valence-corrected chi connectivity index (χ1v) is 9.24. The average Bonchev–Trinajstić information content (AvgIpc) is 2.47. The molecule has 1 aliphatic heterocycles. The second kappa shape index (κ2) is 6.10. The van der Waals surface area contributed by atoms with Crippen molar-refractivity contribution in [3.05, 3.63) is 53.1 Å². The van der Waals surface area contributed by atoms with Crippen LogP contribution in [0.3, 0.4) is 0 Å². The summed E-state index contributed by atoms with van der Waals surface area (Å²) in [7, 11) is 0. The van der Waals surface area contributed by atoms with Crippen LogP contribution in [0, 0.1) is 6.92 Å². The van der Waals surface area contributed by atoms with Crippen LogP contribution in [0.1, 0.15) is 55.6 Å². The molecule has 0 atom stereocenters. The van der Waals surface area contributed by atoms with Crippen molar-refractivity contribution in [3.8, 4) is 11.5 Å². The Morgan fingerprint density at radius 1 is 1.12 bits per heavy atom. The van der Waals surface area contributed by atoms with Gasteiger partial charge >= 0.3 is 5.97 Å². The molecule has 0 amide bonds. The van der Waals surface area contributed by atoms with Gasteiger partial charge in [-0.2, -0.15) is 0 Å². The summed E-state index contributed by atoms with van der Waals surface area (Å²) in [6, 6.07) is 10.9. The third-order valence-corrected chi connectivity index (χ3v) is 5.84. The van der Waals surface area contributed by atoms with Crippen LogP contribution in [0.15, 0.2) is 41.3 Å². The summed E-state index contributed by atoms with van der Waals surface area (Å²) in [4.78, 5) is 12.3. The number of benzene rings is 2. The Balaban J connectivity index is 1.95. The first-order valence-electron chi connectivity index (χ1n) is 8.43. The summed E-state index contributed by atoms with van der Waals surface area (Å²) in [5, 5.41) is 9.00. The Bertz CT molecular complexity index is 820. The van der Waals surface area contributed by atoms with Crippen molar-refractivity contribution in [2.24, 2.45) is 0 Å². The molecule has 3 rings (SSSR count). The van der Waals surface area contributed by atoms with Gasteiger partial charge in [0.2, 0.25) is 0 Å². The summed E-state index contributed by atoms with van der Waals surface area (Å²) in [6.45, 7) is 11.2. The number of carboxylic acids is 1. The van der Waals surface area contributed by atoms with Crippen LogP contribution in [-0.2, 0) is 5.41 Å². The fourth-order valence-electron chi connectivity index (χ4n) is 3.67. The summed E-state index contributed by atoms with van der Waals surface area (Å²) >= 11 is 1.93. The summed E-state index contributed by atoms with van der Waals surface area (Å²) in [5.41, 5.74) is 2.75. The minimum atomic E-state index is -0.932. The molecule has 4 heteroatoms. The lowest BCUT2D eigenvalue weighted by atomic mass is 9.76. The van der Waals surface area contributed by atoms with Crippen LogP contribution < -0.4 is 4.74 Å². The molecule has 132 valence electrons. The third kappa shape index (κ3) is 3.69. The Hall–Kier alpha value is -1.94. The number of hydrogen-bond acceptors (Lipinski definition) is 3. The number of carbonyl (C=O) groups is 1. The minimum absolute atomic E-state index is 0.0864. The van der Waals surface area contributed by atoms with Crippen LogP contribution in [0.25, 0.3) is 0 Å². The first kappa shape index (κ1) is 17.9. The average molecular weight is 356 g/mol. The Labute approximate surface area is 153 Å².